The van der Waals surface area contributed by atoms with Crippen LogP contribution in [0.1, 0.15) is 9.88 Å². The normalized spacial score (nSPS) is 11.6. The third-order valence-electron chi connectivity index (χ3n) is 2.66. The first-order valence-electron chi connectivity index (χ1n) is 5.87. The molecule has 114 valence electrons. The largest absolute Gasteiger partial charge is 0.495 e. The highest BCUT2D eigenvalue weighted by molar-refractivity contribution is 9.10. The zero-order valence-corrected chi connectivity index (χ0v) is 14.6. The van der Waals surface area contributed by atoms with E-state index in [0.29, 0.717) is 15.2 Å². The average Bonchev–Trinajstić information content (AvgIpc) is 2.85. The molecule has 2 aromatic rings. The lowest BCUT2D eigenvalue weighted by Crippen LogP contribution is -2.24. The number of rotatable bonds is 5. The van der Waals surface area contributed by atoms with E-state index in [-0.39, 0.29) is 17.2 Å². The molecule has 0 aliphatic heterocycles. The Kier molecular flexibility index (Phi) is 4.87. The molecule has 1 aromatic heterocycles. The number of sulfonamides is 1. The van der Waals surface area contributed by atoms with Crippen LogP contribution >= 0.6 is 27.3 Å². The van der Waals surface area contributed by atoms with Crippen molar-refractivity contribution in [2.75, 3.05) is 12.8 Å². The van der Waals surface area contributed by atoms with Crippen molar-refractivity contribution in [1.29, 1.82) is 0 Å². The van der Waals surface area contributed by atoms with Crippen LogP contribution in [0.5, 0.6) is 5.75 Å². The van der Waals surface area contributed by atoms with Gasteiger partial charge in [-0.1, -0.05) is 0 Å². The summed E-state index contributed by atoms with van der Waals surface area (Å²) in [4.78, 5) is 5.14. The quantitative estimate of drug-likeness (QED) is 0.762. The maximum atomic E-state index is 12.4. The van der Waals surface area contributed by atoms with Gasteiger partial charge in [-0.05, 0) is 35.0 Å². The highest BCUT2D eigenvalue weighted by Crippen LogP contribution is 2.32. The zero-order chi connectivity index (χ0) is 15.6. The van der Waals surface area contributed by atoms with Crippen LogP contribution < -0.4 is 15.2 Å². The van der Waals surface area contributed by atoms with Crippen molar-refractivity contribution in [3.63, 3.8) is 0 Å². The van der Waals surface area contributed by atoms with E-state index in [0.717, 1.165) is 4.88 Å². The predicted molar refractivity (Wildman–Crippen MR) is 86.0 cm³/mol. The molecule has 6 nitrogen and oxygen atoms in total. The van der Waals surface area contributed by atoms with Crippen LogP contribution in [-0.2, 0) is 16.6 Å². The number of ether oxygens (including phenoxy) is 1. The van der Waals surface area contributed by atoms with Gasteiger partial charge in [0.05, 0.1) is 13.7 Å². The van der Waals surface area contributed by atoms with Gasteiger partial charge in [0.2, 0.25) is 10.0 Å². The van der Waals surface area contributed by atoms with E-state index in [1.54, 1.807) is 6.20 Å². The smallest absolute Gasteiger partial charge is 0.244 e. The molecule has 0 aliphatic carbocycles. The van der Waals surface area contributed by atoms with Gasteiger partial charge >= 0.3 is 0 Å². The number of nitrogens with zero attached hydrogens (tertiary/aromatic N) is 1. The van der Waals surface area contributed by atoms with Crippen molar-refractivity contribution in [2.24, 2.45) is 0 Å². The van der Waals surface area contributed by atoms with Crippen LogP contribution in [0, 0.1) is 6.92 Å². The molecule has 0 bridgehead atoms. The van der Waals surface area contributed by atoms with Crippen LogP contribution in [0.15, 0.2) is 27.7 Å². The van der Waals surface area contributed by atoms with E-state index >= 15 is 0 Å². The molecule has 2 rings (SSSR count). The SMILES string of the molecule is COc1cc(Br)c(N)cc1S(=O)(=O)NCc1ncc(C)s1. The monoisotopic (exact) mass is 391 g/mol. The van der Waals surface area contributed by atoms with Crippen LogP contribution in [0.3, 0.4) is 0 Å². The Hall–Kier alpha value is -1.16. The predicted octanol–water partition coefficient (Wildman–Crippen LogP) is 2.28. The van der Waals surface area contributed by atoms with Crippen LogP contribution in [0.25, 0.3) is 0 Å². The van der Waals surface area contributed by atoms with E-state index < -0.39 is 10.0 Å². The molecule has 0 saturated carbocycles. The molecule has 0 saturated heterocycles. The van der Waals surface area contributed by atoms with Crippen molar-refractivity contribution < 1.29 is 13.2 Å². The van der Waals surface area contributed by atoms with Gasteiger partial charge in [-0.25, -0.2) is 18.1 Å². The van der Waals surface area contributed by atoms with Gasteiger partial charge in [-0.3, -0.25) is 0 Å². The molecule has 0 fully saturated rings. The summed E-state index contributed by atoms with van der Waals surface area (Å²) in [5.74, 6) is 0.221. The van der Waals surface area contributed by atoms with Crippen LogP contribution in [0.4, 0.5) is 5.69 Å². The number of aryl methyl sites for hydroxylation is 1. The number of nitrogen functional groups attached to an aromatic ring is 1. The maximum absolute atomic E-state index is 12.4. The highest BCUT2D eigenvalue weighted by Gasteiger charge is 2.21. The maximum Gasteiger partial charge on any atom is 0.244 e. The summed E-state index contributed by atoms with van der Waals surface area (Å²) in [5.41, 5.74) is 6.07. The molecule has 0 spiro atoms. The topological polar surface area (TPSA) is 94.3 Å². The van der Waals surface area contributed by atoms with Crippen molar-refractivity contribution >= 4 is 43.0 Å². The standard InChI is InChI=1S/C12H14BrN3O3S2/c1-7-5-15-12(20-7)6-16-21(17,18)11-4-9(14)8(13)3-10(11)19-2/h3-5,16H,6,14H2,1-2H3. The zero-order valence-electron chi connectivity index (χ0n) is 11.4. The number of hydrogen-bond donors (Lipinski definition) is 2. The molecule has 0 radical (unpaired) electrons. The Morgan fingerprint density at radius 3 is 2.76 bits per heavy atom. The lowest BCUT2D eigenvalue weighted by Gasteiger charge is -2.12. The Labute approximate surface area is 135 Å². The second kappa shape index (κ2) is 6.30. The minimum Gasteiger partial charge on any atom is -0.495 e. The summed E-state index contributed by atoms with van der Waals surface area (Å²) in [6, 6.07) is 2.88. The lowest BCUT2D eigenvalue weighted by molar-refractivity contribution is 0.402. The fourth-order valence-corrected chi connectivity index (χ4v) is 3.95. The van der Waals surface area contributed by atoms with Gasteiger partial charge in [-0.15, -0.1) is 11.3 Å². The number of methoxy groups -OCH3 is 1. The van der Waals surface area contributed by atoms with Gasteiger partial charge in [0.15, 0.2) is 0 Å². The molecular weight excluding hydrogens is 378 g/mol. The molecule has 0 amide bonds. The summed E-state index contributed by atoms with van der Waals surface area (Å²) >= 11 is 4.68. The van der Waals surface area contributed by atoms with Crippen molar-refractivity contribution in [2.45, 2.75) is 18.4 Å². The number of nitrogens with one attached hydrogen (secondary N) is 1. The third kappa shape index (κ3) is 3.73. The molecule has 9 heteroatoms. The van der Waals surface area contributed by atoms with Gasteiger partial charge in [0, 0.05) is 21.2 Å². The Morgan fingerprint density at radius 1 is 1.48 bits per heavy atom. The summed E-state index contributed by atoms with van der Waals surface area (Å²) in [7, 11) is -2.34. The first-order chi connectivity index (χ1) is 9.83. The van der Waals surface area contributed by atoms with E-state index in [1.165, 1.54) is 30.6 Å². The summed E-state index contributed by atoms with van der Waals surface area (Å²) < 4.78 is 32.9. The van der Waals surface area contributed by atoms with Crippen molar-refractivity contribution in [3.8, 4) is 5.75 Å². The average molecular weight is 392 g/mol. The lowest BCUT2D eigenvalue weighted by atomic mass is 10.3. The number of halogens is 1. The van der Waals surface area contributed by atoms with E-state index in [1.807, 2.05) is 6.92 Å². The highest BCUT2D eigenvalue weighted by atomic mass is 79.9. The first kappa shape index (κ1) is 16.2. The fraction of sp³-hybridized carbons (Fsp3) is 0.250. The minimum atomic E-state index is -3.74. The Bertz CT molecular complexity index is 759. The van der Waals surface area contributed by atoms with Crippen molar-refractivity contribution in [1.82, 2.24) is 9.71 Å². The number of anilines is 1. The van der Waals surface area contributed by atoms with Gasteiger partial charge in [-0.2, -0.15) is 0 Å². The van der Waals surface area contributed by atoms with E-state index in [9.17, 15) is 8.42 Å². The fourth-order valence-electron chi connectivity index (χ4n) is 1.64. The number of hydrogen-bond acceptors (Lipinski definition) is 6. The summed E-state index contributed by atoms with van der Waals surface area (Å²) in [6.07, 6.45) is 1.70. The number of nitrogens with two attached hydrogens (primary N) is 1. The molecule has 0 unspecified atom stereocenters. The van der Waals surface area contributed by atoms with Crippen LogP contribution in [0.2, 0.25) is 0 Å². The second-order valence-electron chi connectivity index (χ2n) is 4.21. The molecule has 0 aliphatic rings. The second-order valence-corrected chi connectivity index (χ2v) is 8.12. The van der Waals surface area contributed by atoms with E-state index in [4.69, 9.17) is 10.5 Å². The van der Waals surface area contributed by atoms with E-state index in [2.05, 4.69) is 25.6 Å². The Balaban J connectivity index is 2.28. The van der Waals surface area contributed by atoms with Crippen molar-refractivity contribution in [3.05, 3.63) is 32.7 Å². The molecular formula is C12H14BrN3O3S2. The molecule has 3 N–H and O–H groups in total. The van der Waals surface area contributed by atoms with Gasteiger partial charge in [0.1, 0.15) is 15.7 Å². The summed E-state index contributed by atoms with van der Waals surface area (Å²) in [5, 5.41) is 0.695. The number of aromatic nitrogens is 1. The molecule has 1 aromatic carbocycles. The first-order valence-corrected chi connectivity index (χ1v) is 8.96. The number of thiazole rings is 1. The third-order valence-corrected chi connectivity index (χ3v) is 5.68. The number of benzene rings is 1. The Morgan fingerprint density at radius 2 is 2.19 bits per heavy atom. The van der Waals surface area contributed by atoms with Crippen LogP contribution in [-0.4, -0.2) is 20.5 Å². The molecule has 1 heterocycles. The molecule has 0 atom stereocenters. The van der Waals surface area contributed by atoms with Gasteiger partial charge < -0.3 is 10.5 Å². The van der Waals surface area contributed by atoms with Gasteiger partial charge in [0.25, 0.3) is 0 Å². The summed E-state index contributed by atoms with van der Waals surface area (Å²) in [6.45, 7) is 2.04. The molecule has 21 heavy (non-hydrogen) atoms. The minimum absolute atomic E-state index is 0.000946.